The van der Waals surface area contributed by atoms with Crippen LogP contribution in [0, 0.1) is 0 Å². The molecule has 8 heavy (non-hydrogen) atoms. The van der Waals surface area contributed by atoms with E-state index in [1.54, 1.807) is 0 Å². The molecule has 1 aliphatic heterocycles. The minimum Gasteiger partial charge on any atom is -0.329 e. The van der Waals surface area contributed by atoms with E-state index in [1.165, 1.54) is 12.7 Å². The van der Waals surface area contributed by atoms with Crippen molar-refractivity contribution >= 4 is 8.07 Å². The summed E-state index contributed by atoms with van der Waals surface area (Å²) in [4.78, 5) is 0. The molecule has 2 N–H and O–H groups in total. The molecule has 0 aliphatic carbocycles. The van der Waals surface area contributed by atoms with Crippen molar-refractivity contribution in [2.24, 2.45) is 5.73 Å². The van der Waals surface area contributed by atoms with E-state index in [0.717, 1.165) is 13.1 Å². The van der Waals surface area contributed by atoms with E-state index in [4.69, 9.17) is 5.73 Å². The van der Waals surface area contributed by atoms with Crippen LogP contribution < -0.4 is 5.73 Å². The van der Waals surface area contributed by atoms with Gasteiger partial charge in [0, 0.05) is 19.6 Å². The summed E-state index contributed by atoms with van der Waals surface area (Å²) in [6.07, 6.45) is 1.43. The van der Waals surface area contributed by atoms with Gasteiger partial charge in [-0.2, -0.15) is 0 Å². The van der Waals surface area contributed by atoms with Crippen molar-refractivity contribution in [2.75, 3.05) is 32.5 Å². The lowest BCUT2D eigenvalue weighted by Gasteiger charge is -2.38. The Morgan fingerprint density at radius 2 is 2.50 bits per heavy atom. The quantitative estimate of drug-likeness (QED) is 0.547. The molecule has 0 aromatic rings. The highest BCUT2D eigenvalue weighted by Gasteiger charge is 2.21. The van der Waals surface area contributed by atoms with Crippen LogP contribution in [0.5, 0.6) is 0 Å². The lowest BCUT2D eigenvalue weighted by atomic mass is 10.6. The molecule has 1 unspecified atom stereocenters. The molecule has 1 rings (SSSR count). The van der Waals surface area contributed by atoms with Gasteiger partial charge < -0.3 is 5.73 Å². The third kappa shape index (κ3) is 1.19. The summed E-state index contributed by atoms with van der Waals surface area (Å²) >= 11 is 0. The lowest BCUT2D eigenvalue weighted by Crippen LogP contribution is -2.36. The van der Waals surface area contributed by atoms with E-state index in [2.05, 4.69) is 11.3 Å². The Balaban J connectivity index is 2.08. The van der Waals surface area contributed by atoms with Gasteiger partial charge in [0.2, 0.25) is 0 Å². The summed E-state index contributed by atoms with van der Waals surface area (Å²) in [7, 11) is 0.266. The molecule has 0 radical (unpaired) electrons. The molecule has 1 aliphatic rings. The van der Waals surface area contributed by atoms with E-state index in [0.29, 0.717) is 0 Å². The van der Waals surface area contributed by atoms with Crippen LogP contribution in [0.25, 0.3) is 0 Å². The first kappa shape index (κ1) is 6.47. The zero-order valence-electron chi connectivity index (χ0n) is 5.30. The predicted octanol–water partition coefficient (Wildman–Crippen LogP) is 0.287. The van der Waals surface area contributed by atoms with E-state index >= 15 is 0 Å². The van der Waals surface area contributed by atoms with Crippen LogP contribution in [0.4, 0.5) is 0 Å². The highest BCUT2D eigenvalue weighted by Crippen LogP contribution is 2.43. The third-order valence-corrected chi connectivity index (χ3v) is 3.76. The van der Waals surface area contributed by atoms with Crippen LogP contribution >= 0.6 is 8.07 Å². The summed E-state index contributed by atoms with van der Waals surface area (Å²) < 4.78 is 2.47. The fraction of sp³-hybridized carbons (Fsp3) is 1.00. The van der Waals surface area contributed by atoms with E-state index in [-0.39, 0.29) is 8.07 Å². The highest BCUT2D eigenvalue weighted by atomic mass is 31.1. The van der Waals surface area contributed by atoms with Gasteiger partial charge in [0.05, 0.1) is 0 Å². The maximum absolute atomic E-state index is 5.37. The first-order chi connectivity index (χ1) is 3.84. The standard InChI is InChI=1S/C5H13N2P/c1-8-5-4-7(8)3-2-6/h2-6H2,1H3. The van der Waals surface area contributed by atoms with Crippen molar-refractivity contribution in [2.45, 2.75) is 0 Å². The van der Waals surface area contributed by atoms with E-state index in [9.17, 15) is 0 Å². The summed E-state index contributed by atoms with van der Waals surface area (Å²) in [5.41, 5.74) is 5.37. The maximum atomic E-state index is 5.37. The molecule has 48 valence electrons. The van der Waals surface area contributed by atoms with Crippen LogP contribution in [-0.4, -0.2) is 37.1 Å². The Labute approximate surface area is 51.8 Å². The number of nitrogens with zero attached hydrogens (tertiary/aromatic N) is 1. The maximum Gasteiger partial charge on any atom is 0.0144 e. The highest BCUT2D eigenvalue weighted by molar-refractivity contribution is 7.55. The lowest BCUT2D eigenvalue weighted by molar-refractivity contribution is 0.451. The minimum absolute atomic E-state index is 0.266. The smallest absolute Gasteiger partial charge is 0.0144 e. The molecular formula is C5H13N2P. The van der Waals surface area contributed by atoms with Crippen LogP contribution in [0.3, 0.4) is 0 Å². The Bertz CT molecular complexity index is 76.8. The number of hydrogen-bond donors (Lipinski definition) is 1. The van der Waals surface area contributed by atoms with Crippen molar-refractivity contribution < 1.29 is 0 Å². The molecule has 1 heterocycles. The van der Waals surface area contributed by atoms with Gasteiger partial charge in [-0.25, -0.2) is 0 Å². The van der Waals surface area contributed by atoms with E-state index in [1.807, 2.05) is 0 Å². The van der Waals surface area contributed by atoms with Crippen molar-refractivity contribution in [3.63, 3.8) is 0 Å². The largest absolute Gasteiger partial charge is 0.329 e. The van der Waals surface area contributed by atoms with Gasteiger partial charge in [0.15, 0.2) is 0 Å². The summed E-state index contributed by atoms with van der Waals surface area (Å²) in [5, 5.41) is 0. The first-order valence-corrected chi connectivity index (χ1v) is 4.93. The van der Waals surface area contributed by atoms with Gasteiger partial charge in [-0.15, -0.1) is 0 Å². The van der Waals surface area contributed by atoms with Crippen molar-refractivity contribution in [1.82, 2.24) is 4.67 Å². The Hall–Kier alpha value is 0.350. The van der Waals surface area contributed by atoms with Crippen molar-refractivity contribution in [1.29, 1.82) is 0 Å². The van der Waals surface area contributed by atoms with Gasteiger partial charge in [-0.05, 0) is 20.9 Å². The van der Waals surface area contributed by atoms with Gasteiger partial charge >= 0.3 is 0 Å². The van der Waals surface area contributed by atoms with Crippen LogP contribution in [0.1, 0.15) is 0 Å². The van der Waals surface area contributed by atoms with Gasteiger partial charge in [0.1, 0.15) is 0 Å². The van der Waals surface area contributed by atoms with Gasteiger partial charge in [0.25, 0.3) is 0 Å². The molecule has 3 heteroatoms. The Morgan fingerprint density at radius 1 is 1.75 bits per heavy atom. The molecule has 1 saturated heterocycles. The number of rotatable bonds is 2. The zero-order chi connectivity index (χ0) is 5.98. The molecule has 1 atom stereocenters. The second kappa shape index (κ2) is 2.77. The van der Waals surface area contributed by atoms with Crippen molar-refractivity contribution in [3.05, 3.63) is 0 Å². The molecule has 2 nitrogen and oxygen atoms in total. The molecule has 0 spiro atoms. The molecular weight excluding hydrogens is 119 g/mol. The van der Waals surface area contributed by atoms with Crippen molar-refractivity contribution in [3.8, 4) is 0 Å². The monoisotopic (exact) mass is 132 g/mol. The normalized spacial score (nSPS) is 30.0. The summed E-state index contributed by atoms with van der Waals surface area (Å²) in [5.74, 6) is 0. The second-order valence-corrected chi connectivity index (χ2v) is 4.45. The SMILES string of the molecule is CP1CCN1CCN. The summed E-state index contributed by atoms with van der Waals surface area (Å²) in [6, 6.07) is 0. The fourth-order valence-electron chi connectivity index (χ4n) is 0.873. The van der Waals surface area contributed by atoms with Crippen LogP contribution in [0.2, 0.25) is 0 Å². The Morgan fingerprint density at radius 3 is 2.62 bits per heavy atom. The topological polar surface area (TPSA) is 29.3 Å². The van der Waals surface area contributed by atoms with E-state index < -0.39 is 0 Å². The first-order valence-electron chi connectivity index (χ1n) is 3.00. The number of hydrogen-bond acceptors (Lipinski definition) is 2. The zero-order valence-corrected chi connectivity index (χ0v) is 6.19. The van der Waals surface area contributed by atoms with Gasteiger partial charge in [-0.3, -0.25) is 4.67 Å². The number of nitrogens with two attached hydrogens (primary N) is 1. The fourth-order valence-corrected chi connectivity index (χ4v) is 2.21. The molecule has 0 aromatic heterocycles. The minimum atomic E-state index is 0.266. The molecule has 0 saturated carbocycles. The van der Waals surface area contributed by atoms with Crippen LogP contribution in [-0.2, 0) is 0 Å². The average molecular weight is 132 g/mol. The molecule has 0 amide bonds. The summed E-state index contributed by atoms with van der Waals surface area (Å²) in [6.45, 7) is 5.54. The third-order valence-electron chi connectivity index (χ3n) is 1.55. The van der Waals surface area contributed by atoms with Gasteiger partial charge in [-0.1, -0.05) is 0 Å². The molecule has 1 fully saturated rings. The molecule has 0 aromatic carbocycles. The average Bonchev–Trinajstić information content (AvgIpc) is 1.79. The second-order valence-electron chi connectivity index (χ2n) is 2.12. The predicted molar refractivity (Wildman–Crippen MR) is 38.3 cm³/mol. The molecule has 0 bridgehead atoms. The van der Waals surface area contributed by atoms with Crippen LogP contribution in [0.15, 0.2) is 0 Å². The Kier molecular flexibility index (Phi) is 2.24.